The number of nitrogens with zero attached hydrogens (tertiary/aromatic N) is 3. The highest BCUT2D eigenvalue weighted by atomic mass is 35.5. The Hall–Kier alpha value is -1.43. The summed E-state index contributed by atoms with van der Waals surface area (Å²) in [6, 6.07) is 7.34. The van der Waals surface area contributed by atoms with Gasteiger partial charge in [0.1, 0.15) is 0 Å². The normalized spacial score (nSPS) is 13.6. The molecule has 0 aliphatic rings. The van der Waals surface area contributed by atoms with Gasteiger partial charge in [0.2, 0.25) is 11.8 Å². The number of aliphatic hydroxyl groups excluding tert-OH is 1. The molecule has 6 heteroatoms. The number of aliphatic hydroxyl groups is 1. The molecule has 0 aliphatic heterocycles. The second-order valence-electron chi connectivity index (χ2n) is 6.30. The molecule has 1 aromatic carbocycles. The van der Waals surface area contributed by atoms with E-state index in [1.807, 2.05) is 18.2 Å². The fraction of sp³-hybridized carbons (Fsp3) is 0.500. The molecule has 0 bridgehead atoms. The van der Waals surface area contributed by atoms with Gasteiger partial charge >= 0.3 is 0 Å². The summed E-state index contributed by atoms with van der Waals surface area (Å²) in [7, 11) is 0. The fourth-order valence-corrected chi connectivity index (χ4v) is 2.45. The Morgan fingerprint density at radius 3 is 2.50 bits per heavy atom. The zero-order chi connectivity index (χ0) is 16.3. The van der Waals surface area contributed by atoms with Crippen LogP contribution in [-0.4, -0.2) is 32.3 Å². The molecule has 0 saturated heterocycles. The predicted octanol–water partition coefficient (Wildman–Crippen LogP) is 3.37. The summed E-state index contributed by atoms with van der Waals surface area (Å²) >= 11 is 6.16. The minimum absolute atomic E-state index is 0.162. The third kappa shape index (κ3) is 4.29. The van der Waals surface area contributed by atoms with Crippen molar-refractivity contribution in [3.8, 4) is 0 Å². The molecule has 0 radical (unpaired) electrons. The van der Waals surface area contributed by atoms with Crippen LogP contribution in [0.3, 0.4) is 0 Å². The van der Waals surface area contributed by atoms with Crippen molar-refractivity contribution in [2.75, 3.05) is 6.54 Å². The minimum atomic E-state index is -0.683. The molecule has 0 amide bonds. The Bertz CT molecular complexity index is 622. The van der Waals surface area contributed by atoms with E-state index >= 15 is 0 Å². The molecule has 1 atom stereocenters. The largest absolute Gasteiger partial charge is 0.424 e. The summed E-state index contributed by atoms with van der Waals surface area (Å²) in [5, 5.41) is 19.0. The minimum Gasteiger partial charge on any atom is -0.424 e. The van der Waals surface area contributed by atoms with E-state index in [4.69, 9.17) is 16.0 Å². The van der Waals surface area contributed by atoms with Gasteiger partial charge in [-0.25, -0.2) is 0 Å². The molecule has 1 unspecified atom stereocenters. The van der Waals surface area contributed by atoms with E-state index in [1.165, 1.54) is 0 Å². The Morgan fingerprint density at radius 2 is 1.95 bits per heavy atom. The van der Waals surface area contributed by atoms with Gasteiger partial charge in [0.25, 0.3) is 0 Å². The average molecular weight is 324 g/mol. The van der Waals surface area contributed by atoms with Crippen LogP contribution in [0, 0.1) is 6.92 Å². The number of halogens is 1. The lowest BCUT2D eigenvalue weighted by molar-refractivity contribution is 0.0460. The first kappa shape index (κ1) is 16.9. The Balaban J connectivity index is 2.15. The average Bonchev–Trinajstić information content (AvgIpc) is 2.83. The highest BCUT2D eigenvalue weighted by molar-refractivity contribution is 6.31. The van der Waals surface area contributed by atoms with Crippen molar-refractivity contribution in [3.05, 3.63) is 46.6 Å². The zero-order valence-corrected chi connectivity index (χ0v) is 14.1. The zero-order valence-electron chi connectivity index (χ0n) is 13.4. The van der Waals surface area contributed by atoms with Crippen molar-refractivity contribution in [3.63, 3.8) is 0 Å². The topological polar surface area (TPSA) is 62.4 Å². The van der Waals surface area contributed by atoms with Gasteiger partial charge in [0.05, 0.1) is 12.6 Å². The maximum atomic E-state index is 10.5. The number of rotatable bonds is 5. The van der Waals surface area contributed by atoms with Crippen LogP contribution in [0.15, 0.2) is 28.7 Å². The third-order valence-electron chi connectivity index (χ3n) is 3.50. The number of β-amino-alcohol motifs (C(OH)–C–C–N with tert-alkyl or cyclic N) is 1. The van der Waals surface area contributed by atoms with Crippen LogP contribution in [0.4, 0.5) is 0 Å². The Morgan fingerprint density at radius 1 is 1.27 bits per heavy atom. The molecule has 5 nitrogen and oxygen atoms in total. The van der Waals surface area contributed by atoms with E-state index < -0.39 is 6.10 Å². The summed E-state index contributed by atoms with van der Waals surface area (Å²) in [5.74, 6) is 1.08. The van der Waals surface area contributed by atoms with Crippen LogP contribution in [0.25, 0.3) is 0 Å². The first-order valence-electron chi connectivity index (χ1n) is 7.24. The highest BCUT2D eigenvalue weighted by Gasteiger charge is 2.26. The standard InChI is InChI=1S/C16H22ClN3O2/c1-11-18-19-15(22-11)10-20(16(2,3)4)9-14(21)12-7-5-6-8-13(12)17/h5-8,14,21H,9-10H2,1-4H3. The molecular weight excluding hydrogens is 302 g/mol. The second-order valence-corrected chi connectivity index (χ2v) is 6.71. The van der Waals surface area contributed by atoms with Crippen LogP contribution in [0.1, 0.15) is 44.2 Å². The quantitative estimate of drug-likeness (QED) is 0.914. The van der Waals surface area contributed by atoms with E-state index in [-0.39, 0.29) is 5.54 Å². The van der Waals surface area contributed by atoms with E-state index in [9.17, 15) is 5.11 Å². The molecule has 1 heterocycles. The molecule has 120 valence electrons. The molecule has 22 heavy (non-hydrogen) atoms. The van der Waals surface area contributed by atoms with Gasteiger partial charge in [-0.3, -0.25) is 4.90 Å². The summed E-state index contributed by atoms with van der Waals surface area (Å²) in [5.41, 5.74) is 0.560. The number of aryl methyl sites for hydroxylation is 1. The fourth-order valence-electron chi connectivity index (χ4n) is 2.19. The summed E-state index contributed by atoms with van der Waals surface area (Å²) in [4.78, 5) is 2.09. The highest BCUT2D eigenvalue weighted by Crippen LogP contribution is 2.26. The van der Waals surface area contributed by atoms with E-state index in [0.29, 0.717) is 29.9 Å². The molecule has 2 rings (SSSR count). The van der Waals surface area contributed by atoms with Crippen LogP contribution in [-0.2, 0) is 6.54 Å². The summed E-state index contributed by atoms with van der Waals surface area (Å²) < 4.78 is 5.45. The Labute approximate surface area is 135 Å². The number of hydrogen-bond donors (Lipinski definition) is 1. The van der Waals surface area contributed by atoms with Crippen molar-refractivity contribution in [2.24, 2.45) is 0 Å². The van der Waals surface area contributed by atoms with Crippen LogP contribution < -0.4 is 0 Å². The van der Waals surface area contributed by atoms with Crippen LogP contribution >= 0.6 is 11.6 Å². The van der Waals surface area contributed by atoms with Gasteiger partial charge in [-0.1, -0.05) is 29.8 Å². The lowest BCUT2D eigenvalue weighted by Crippen LogP contribution is -2.43. The lowest BCUT2D eigenvalue weighted by Gasteiger charge is -2.36. The smallest absolute Gasteiger partial charge is 0.230 e. The number of benzene rings is 1. The number of hydrogen-bond acceptors (Lipinski definition) is 5. The lowest BCUT2D eigenvalue weighted by atomic mass is 10.0. The molecule has 0 saturated carbocycles. The molecule has 2 aromatic rings. The first-order valence-corrected chi connectivity index (χ1v) is 7.61. The van der Waals surface area contributed by atoms with Gasteiger partial charge in [0.15, 0.2) is 0 Å². The van der Waals surface area contributed by atoms with Crippen molar-refractivity contribution >= 4 is 11.6 Å². The molecule has 0 spiro atoms. The van der Waals surface area contributed by atoms with Crippen LogP contribution in [0.5, 0.6) is 0 Å². The van der Waals surface area contributed by atoms with Gasteiger partial charge in [-0.05, 0) is 26.8 Å². The molecule has 1 N–H and O–H groups in total. The van der Waals surface area contributed by atoms with Gasteiger partial charge in [-0.2, -0.15) is 0 Å². The predicted molar refractivity (Wildman–Crippen MR) is 85.6 cm³/mol. The van der Waals surface area contributed by atoms with E-state index in [2.05, 4.69) is 35.9 Å². The SMILES string of the molecule is Cc1nnc(CN(CC(O)c2ccccc2Cl)C(C)(C)C)o1. The molecular formula is C16H22ClN3O2. The van der Waals surface area contributed by atoms with Crippen molar-refractivity contribution < 1.29 is 9.52 Å². The van der Waals surface area contributed by atoms with Gasteiger partial charge in [0, 0.05) is 29.6 Å². The second kappa shape index (κ2) is 6.77. The van der Waals surface area contributed by atoms with E-state index in [0.717, 1.165) is 5.56 Å². The maximum absolute atomic E-state index is 10.5. The third-order valence-corrected chi connectivity index (χ3v) is 3.84. The van der Waals surface area contributed by atoms with E-state index in [1.54, 1.807) is 13.0 Å². The van der Waals surface area contributed by atoms with Crippen molar-refractivity contribution in [1.82, 2.24) is 15.1 Å². The molecule has 0 aliphatic carbocycles. The van der Waals surface area contributed by atoms with Crippen LogP contribution in [0.2, 0.25) is 5.02 Å². The van der Waals surface area contributed by atoms with Gasteiger partial charge < -0.3 is 9.52 Å². The summed E-state index contributed by atoms with van der Waals surface area (Å²) in [6.45, 7) is 8.90. The van der Waals surface area contributed by atoms with Crippen molar-refractivity contribution in [2.45, 2.75) is 45.9 Å². The van der Waals surface area contributed by atoms with Crippen molar-refractivity contribution in [1.29, 1.82) is 0 Å². The molecule has 0 fully saturated rings. The Kier molecular flexibility index (Phi) is 5.21. The molecule has 1 aromatic heterocycles. The summed E-state index contributed by atoms with van der Waals surface area (Å²) in [6.07, 6.45) is -0.683. The maximum Gasteiger partial charge on any atom is 0.230 e. The van der Waals surface area contributed by atoms with Gasteiger partial charge in [-0.15, -0.1) is 10.2 Å². The first-order chi connectivity index (χ1) is 10.3. The number of aromatic nitrogens is 2. The monoisotopic (exact) mass is 323 g/mol.